The van der Waals surface area contributed by atoms with Crippen LogP contribution in [0.3, 0.4) is 0 Å². The van der Waals surface area contributed by atoms with Crippen LogP contribution < -0.4 is 20.7 Å². The second kappa shape index (κ2) is 22.0. The fraction of sp³-hybridized carbons (Fsp3) is 0.392. The van der Waals surface area contributed by atoms with Crippen molar-refractivity contribution in [2.24, 2.45) is 26.8 Å². The molecule has 0 fully saturated rings. The van der Waals surface area contributed by atoms with Crippen molar-refractivity contribution in [3.8, 4) is 0 Å². The molecular weight excluding hydrogens is 807 g/mol. The average molecular weight is 866 g/mol. The number of allylic oxidation sites excluding steroid dienone is 16. The maximum Gasteiger partial charge on any atom is 2.00 e. The van der Waals surface area contributed by atoms with Crippen LogP contribution in [0.15, 0.2) is 127 Å². The van der Waals surface area contributed by atoms with Gasteiger partial charge in [-0.25, -0.2) is 9.98 Å². The Morgan fingerprint density at radius 1 is 0.836 bits per heavy atom. The topological polar surface area (TPSA) is 138 Å². The molecule has 0 saturated carbocycles. The van der Waals surface area contributed by atoms with Crippen LogP contribution in [0, 0.1) is 18.8 Å². The zero-order valence-electron chi connectivity index (χ0n) is 36.3. The summed E-state index contributed by atoms with van der Waals surface area (Å²) in [6.07, 6.45) is 35.2. The number of nitrogens with zero attached hydrogens (tertiary/aromatic N) is 4. The van der Waals surface area contributed by atoms with Crippen molar-refractivity contribution in [2.75, 3.05) is 0 Å². The Morgan fingerprint density at radius 2 is 1.46 bits per heavy atom. The minimum absolute atomic E-state index is 0. The first-order valence-electron chi connectivity index (χ1n) is 21.6. The van der Waals surface area contributed by atoms with Gasteiger partial charge in [-0.2, -0.15) is 0 Å². The molecule has 8 bridgehead atoms. The van der Waals surface area contributed by atoms with Crippen molar-refractivity contribution in [1.82, 2.24) is 4.98 Å². The second-order valence-corrected chi connectivity index (χ2v) is 15.9. The van der Waals surface area contributed by atoms with Gasteiger partial charge in [0.2, 0.25) is 0 Å². The van der Waals surface area contributed by atoms with Crippen molar-refractivity contribution in [3.63, 3.8) is 0 Å². The zero-order chi connectivity index (χ0) is 42.8. The number of carbonyl (C=O) groups excluding carboxylic acids is 1. The third kappa shape index (κ3) is 11.1. The maximum absolute atomic E-state index is 13.6. The molecule has 0 saturated heterocycles. The third-order valence-corrected chi connectivity index (χ3v) is 11.7. The Labute approximate surface area is 370 Å². The van der Waals surface area contributed by atoms with Crippen molar-refractivity contribution < 1.29 is 41.0 Å². The predicted molar refractivity (Wildman–Crippen MR) is 241 cm³/mol. The van der Waals surface area contributed by atoms with Crippen LogP contribution in [-0.4, -0.2) is 34.2 Å². The number of carboxylic acid groups (broad SMARTS) is 1. The fourth-order valence-electron chi connectivity index (χ4n) is 8.27. The number of carbonyl (C=O) groups is 2. The Balaban J connectivity index is 0.00000704. The number of unbranched alkanes of at least 4 members (excludes halogenated alkanes) is 1. The summed E-state index contributed by atoms with van der Waals surface area (Å²) in [6, 6.07) is 0. The molecule has 1 aliphatic carbocycles. The molecular formula is C51H58N4NiO5. The van der Waals surface area contributed by atoms with Gasteiger partial charge in [-0.05, 0) is 119 Å². The number of rotatable bonds is 18. The van der Waals surface area contributed by atoms with Crippen LogP contribution in [0.25, 0.3) is 17.4 Å². The molecule has 1 N–H and O–H groups in total. The van der Waals surface area contributed by atoms with Gasteiger partial charge in [0.15, 0.2) is 5.76 Å². The molecule has 0 aromatic carbocycles. The molecule has 6 rings (SSSR count). The minimum Gasteiger partial charge on any atom is -0.875 e. The van der Waals surface area contributed by atoms with E-state index in [1.54, 1.807) is 0 Å². The van der Waals surface area contributed by atoms with Gasteiger partial charge in [0.25, 0.3) is 0 Å². The van der Waals surface area contributed by atoms with Crippen LogP contribution >= 0.6 is 0 Å². The Morgan fingerprint density at radius 3 is 2.10 bits per heavy atom. The zero-order valence-corrected chi connectivity index (χ0v) is 37.3. The standard InChI is InChI=1S/C51H60N4O5.Ni/c1-7-9-10-11-12-13-14-15-16-17-18-19-20-21-22-23-24-25-47(59)60-51-35(6)42-29-40-33(4)37(26-27-46(57)58)49(54-40)38-28-45(56)48-34(5)41(55-50(38)48)30-43-36(8-2)32(3)39(52-43)31-44(51)53-42;/h9-10,12-13,15-16,18-19,21-22,29-31,33,37H,7-8,11,14,17,20,23-28H2,1-6H3,(H3,52,53,54,55,56,57,58);/q;+2/p-2/b10-9+,13-12+,16-15+,19-18+,22-21+;/t33-,37-;/m0./s1. The molecule has 5 aliphatic rings. The van der Waals surface area contributed by atoms with Gasteiger partial charge < -0.3 is 19.9 Å². The van der Waals surface area contributed by atoms with E-state index in [9.17, 15) is 19.8 Å². The average Bonchev–Trinajstić information content (AvgIpc) is 3.97. The van der Waals surface area contributed by atoms with Crippen LogP contribution in [-0.2, 0) is 30.8 Å². The summed E-state index contributed by atoms with van der Waals surface area (Å²) >= 11 is 0. The molecule has 1 aromatic heterocycles. The molecule has 2 atom stereocenters. The van der Waals surface area contributed by atoms with Gasteiger partial charge in [-0.1, -0.05) is 93.2 Å². The van der Waals surface area contributed by atoms with Crippen LogP contribution in [0.1, 0.15) is 123 Å². The Kier molecular flexibility index (Phi) is 16.8. The van der Waals surface area contributed by atoms with Gasteiger partial charge in [-0.3, -0.25) is 14.6 Å². The molecule has 0 unspecified atom stereocenters. The number of esters is 1. The number of ether oxygens (including phenoxy) is 1. The van der Waals surface area contributed by atoms with Gasteiger partial charge >= 0.3 is 28.4 Å². The first kappa shape index (κ1) is 46.7. The summed E-state index contributed by atoms with van der Waals surface area (Å²) in [6.45, 7) is 12.1. The number of carboxylic acids is 1. The second-order valence-electron chi connectivity index (χ2n) is 15.9. The van der Waals surface area contributed by atoms with E-state index < -0.39 is 5.97 Å². The quantitative estimate of drug-likeness (QED) is 0.0677. The van der Waals surface area contributed by atoms with Gasteiger partial charge in [-0.15, -0.1) is 16.8 Å². The van der Waals surface area contributed by atoms with E-state index in [0.717, 1.165) is 84.3 Å². The van der Waals surface area contributed by atoms with E-state index in [-0.39, 0.29) is 59.3 Å². The van der Waals surface area contributed by atoms with E-state index in [2.05, 4.69) is 74.6 Å². The number of aliphatic imine (C=N–C) groups is 3. The Bertz CT molecular complexity index is 2440. The van der Waals surface area contributed by atoms with Gasteiger partial charge in [0, 0.05) is 41.7 Å². The summed E-state index contributed by atoms with van der Waals surface area (Å²) in [5.41, 5.74) is 9.09. The smallest absolute Gasteiger partial charge is 0.875 e. The van der Waals surface area contributed by atoms with Crippen molar-refractivity contribution in [1.29, 1.82) is 0 Å². The number of aromatic nitrogens is 1. The van der Waals surface area contributed by atoms with Crippen LogP contribution in [0.5, 0.6) is 0 Å². The SMILES string of the molecule is CC/C=C/C/C=C/C/C=C/C/C=C/C/C=C/CCCC(=O)OC1=C(C)C2=NC1=CC1=NC(=Cc3[n-]c4c(c3C)=C([O-])CC=4C3=NC(=C2)[C@@H](C)[C@@H]3CCC(=O)O)C(CC)=C1C.[Ni+2]. The Hall–Kier alpha value is -5.34. The molecule has 10 heteroatoms. The van der Waals surface area contributed by atoms with E-state index >= 15 is 0 Å². The van der Waals surface area contributed by atoms with E-state index in [0.29, 0.717) is 57.6 Å². The number of aliphatic carboxylic acids is 1. The molecule has 0 spiro atoms. The molecule has 5 heterocycles. The summed E-state index contributed by atoms with van der Waals surface area (Å²) in [4.78, 5) is 45.4. The summed E-state index contributed by atoms with van der Waals surface area (Å²) in [7, 11) is 0. The van der Waals surface area contributed by atoms with Crippen molar-refractivity contribution in [2.45, 2.75) is 119 Å². The van der Waals surface area contributed by atoms with Gasteiger partial charge in [0.1, 0.15) is 5.70 Å². The van der Waals surface area contributed by atoms with E-state index in [1.807, 2.05) is 45.9 Å². The van der Waals surface area contributed by atoms with Gasteiger partial charge in [0.05, 0.1) is 17.1 Å². The molecule has 0 radical (unpaired) electrons. The summed E-state index contributed by atoms with van der Waals surface area (Å²) < 4.78 is 6.13. The van der Waals surface area contributed by atoms with E-state index in [1.165, 1.54) is 0 Å². The number of hydrogen-bond acceptors (Lipinski definition) is 7. The summed E-state index contributed by atoms with van der Waals surface area (Å²) in [5.74, 6) is -1.20. The normalized spacial score (nSPS) is 19.8. The van der Waals surface area contributed by atoms with Crippen LogP contribution in [0.2, 0.25) is 0 Å². The first-order chi connectivity index (χ1) is 29.0. The molecule has 4 aliphatic heterocycles. The minimum atomic E-state index is -0.883. The first-order valence-corrected chi connectivity index (χ1v) is 21.6. The molecule has 0 amide bonds. The molecule has 9 nitrogen and oxygen atoms in total. The van der Waals surface area contributed by atoms with E-state index in [4.69, 9.17) is 24.7 Å². The monoisotopic (exact) mass is 864 g/mol. The predicted octanol–water partition coefficient (Wildman–Crippen LogP) is 9.04. The summed E-state index contributed by atoms with van der Waals surface area (Å²) in [5, 5.41) is 24.5. The number of fused-ring (bicyclic) bond motifs is 5. The molecule has 61 heavy (non-hydrogen) atoms. The fourth-order valence-corrected chi connectivity index (χ4v) is 8.27. The van der Waals surface area contributed by atoms with Crippen molar-refractivity contribution in [3.05, 3.63) is 134 Å². The molecule has 322 valence electrons. The largest absolute Gasteiger partial charge is 2.00 e. The third-order valence-electron chi connectivity index (χ3n) is 11.7. The molecule has 1 aromatic rings. The van der Waals surface area contributed by atoms with Crippen molar-refractivity contribution >= 4 is 46.5 Å². The number of hydrogen-bond donors (Lipinski definition) is 1. The maximum atomic E-state index is 13.6. The van der Waals surface area contributed by atoms with Crippen LogP contribution in [0.4, 0.5) is 0 Å².